The van der Waals surface area contributed by atoms with Gasteiger partial charge in [-0.05, 0) is 86.4 Å². The van der Waals surface area contributed by atoms with Crippen LogP contribution in [0.1, 0.15) is 66.5 Å². The Bertz CT molecular complexity index is 1790. The first kappa shape index (κ1) is 30.2. The molecule has 3 aliphatic heterocycles. The van der Waals surface area contributed by atoms with Crippen LogP contribution in [-0.4, -0.2) is 71.3 Å². The first-order valence-corrected chi connectivity index (χ1v) is 16.0. The van der Waals surface area contributed by atoms with Crippen LogP contribution in [0.2, 0.25) is 0 Å². The number of pyridine rings is 1. The highest BCUT2D eigenvalue weighted by Crippen LogP contribution is 2.51. The van der Waals surface area contributed by atoms with E-state index < -0.39 is 29.3 Å². The first-order valence-electron chi connectivity index (χ1n) is 15.2. The van der Waals surface area contributed by atoms with E-state index in [2.05, 4.69) is 15.2 Å². The van der Waals surface area contributed by atoms with E-state index in [9.17, 15) is 23.9 Å². The third-order valence-corrected chi connectivity index (χ3v) is 10.7. The van der Waals surface area contributed by atoms with Gasteiger partial charge in [-0.2, -0.15) is 0 Å². The topological polar surface area (TPSA) is 112 Å². The minimum Gasteiger partial charge on any atom is -0.477 e. The molecule has 0 saturated carbocycles. The van der Waals surface area contributed by atoms with Crippen LogP contribution < -0.4 is 10.2 Å². The summed E-state index contributed by atoms with van der Waals surface area (Å²) < 4.78 is 36.3. The number of hydrogen-bond acceptors (Lipinski definition) is 7. The second kappa shape index (κ2) is 11.4. The molecule has 46 heavy (non-hydrogen) atoms. The third-order valence-electron chi connectivity index (χ3n) is 9.51. The number of carbonyl (C=O) groups is 3. The van der Waals surface area contributed by atoms with Gasteiger partial charge < -0.3 is 25.0 Å². The SMILES string of the molecule is CC1(F)C(F)=CC=C2C1c1sc(C(=O)O)cc1CCN2C(=O)c1ccc(NC(=O)c2cccnc2N2CC3(CCOCC3)C2)cc1. The number of ether oxygens (including phenoxy) is 1. The van der Waals surface area contributed by atoms with Crippen LogP contribution in [0, 0.1) is 5.41 Å². The Balaban J connectivity index is 1.09. The normalized spacial score (nSPS) is 23.3. The number of nitrogens with zero attached hydrogens (tertiary/aromatic N) is 3. The number of thiophene rings is 1. The molecule has 2 unspecified atom stereocenters. The van der Waals surface area contributed by atoms with Gasteiger partial charge in [0.1, 0.15) is 16.5 Å². The fourth-order valence-electron chi connectivity index (χ4n) is 6.94. The lowest BCUT2D eigenvalue weighted by atomic mass is 9.73. The van der Waals surface area contributed by atoms with E-state index in [1.54, 1.807) is 42.6 Å². The molecule has 2 N–H and O–H groups in total. The lowest BCUT2D eigenvalue weighted by Crippen LogP contribution is -2.59. The zero-order valence-corrected chi connectivity index (χ0v) is 25.9. The number of aromatic carboxylic acids is 1. The van der Waals surface area contributed by atoms with Gasteiger partial charge in [0.05, 0.1) is 11.5 Å². The lowest BCUT2D eigenvalue weighted by Gasteiger charge is -2.53. The molecular weight excluding hydrogens is 614 g/mol. The number of hydrogen-bond donors (Lipinski definition) is 2. The molecule has 1 aliphatic carbocycles. The lowest BCUT2D eigenvalue weighted by molar-refractivity contribution is -0.000512. The number of allylic oxidation sites excluding steroid dienone is 4. The third kappa shape index (κ3) is 5.19. The zero-order chi connectivity index (χ0) is 32.2. The predicted octanol–water partition coefficient (Wildman–Crippen LogP) is 5.97. The number of carboxylic acid groups (broad SMARTS) is 1. The van der Waals surface area contributed by atoms with Crippen molar-refractivity contribution in [2.24, 2.45) is 5.41 Å². The molecule has 7 rings (SSSR count). The van der Waals surface area contributed by atoms with E-state index in [0.717, 1.165) is 63.5 Å². The van der Waals surface area contributed by atoms with Gasteiger partial charge in [-0.1, -0.05) is 0 Å². The maximum atomic E-state index is 16.0. The Morgan fingerprint density at radius 1 is 1.11 bits per heavy atom. The predicted molar refractivity (Wildman–Crippen MR) is 169 cm³/mol. The molecule has 0 bridgehead atoms. The number of carbonyl (C=O) groups excluding carboxylic acids is 2. The van der Waals surface area contributed by atoms with Crippen molar-refractivity contribution in [1.82, 2.24) is 9.88 Å². The summed E-state index contributed by atoms with van der Waals surface area (Å²) in [5, 5.41) is 12.4. The van der Waals surface area contributed by atoms with E-state index in [4.69, 9.17) is 4.74 Å². The van der Waals surface area contributed by atoms with Crippen molar-refractivity contribution >= 4 is 40.6 Å². The molecule has 3 aromatic rings. The van der Waals surface area contributed by atoms with Crippen molar-refractivity contribution in [2.45, 2.75) is 37.8 Å². The molecule has 2 aromatic heterocycles. The van der Waals surface area contributed by atoms with Gasteiger partial charge in [0.2, 0.25) is 0 Å². The number of fused-ring (bicyclic) bond motifs is 3. The summed E-state index contributed by atoms with van der Waals surface area (Å²) in [6.07, 6.45) is 6.38. The van der Waals surface area contributed by atoms with Crippen LogP contribution in [0.5, 0.6) is 0 Å². The van der Waals surface area contributed by atoms with E-state index in [1.165, 1.54) is 17.0 Å². The molecule has 2 atom stereocenters. The largest absolute Gasteiger partial charge is 0.477 e. The van der Waals surface area contributed by atoms with Gasteiger partial charge in [-0.15, -0.1) is 11.3 Å². The molecule has 1 aromatic carbocycles. The maximum Gasteiger partial charge on any atom is 0.345 e. The first-order chi connectivity index (χ1) is 22.1. The second-order valence-electron chi connectivity index (χ2n) is 12.5. The van der Waals surface area contributed by atoms with Crippen molar-refractivity contribution in [3.05, 3.63) is 98.8 Å². The highest BCUT2D eigenvalue weighted by molar-refractivity contribution is 7.14. The Hall–Kier alpha value is -4.42. The fraction of sp³-hybridized carbons (Fsp3) is 0.353. The number of rotatable bonds is 5. The van der Waals surface area contributed by atoms with Gasteiger partial charge in [0.25, 0.3) is 11.8 Å². The number of benzene rings is 1. The molecule has 12 heteroatoms. The van der Waals surface area contributed by atoms with E-state index in [1.807, 2.05) is 0 Å². The summed E-state index contributed by atoms with van der Waals surface area (Å²) in [4.78, 5) is 47.4. The average Bonchev–Trinajstić information content (AvgIpc) is 3.39. The minimum atomic E-state index is -2.47. The number of aromatic nitrogens is 1. The standard InChI is InChI=1S/C34H32F2N4O5S/c1-33(36)26(35)9-8-24-27(33)28-21(17-25(46-28)32(43)44)10-14-40(24)31(42)20-4-6-22(7-5-20)38-30(41)23-3-2-13-37-29(23)39-18-34(19-39)11-15-45-16-12-34/h2-9,13,17,27H,10-12,14-16,18-19H2,1H3,(H,38,41)(H,43,44). The number of halogens is 2. The summed E-state index contributed by atoms with van der Waals surface area (Å²) in [6.45, 7) is 4.44. The van der Waals surface area contributed by atoms with E-state index >= 15 is 4.39 Å². The highest BCUT2D eigenvalue weighted by Gasteiger charge is 2.49. The Morgan fingerprint density at radius 3 is 2.57 bits per heavy atom. The van der Waals surface area contributed by atoms with Gasteiger partial charge in [0, 0.05) is 66.3 Å². The van der Waals surface area contributed by atoms with Gasteiger partial charge in [0.15, 0.2) is 5.67 Å². The summed E-state index contributed by atoms with van der Waals surface area (Å²) >= 11 is 0.911. The molecular formula is C34H32F2N4O5S. The van der Waals surface area contributed by atoms with Crippen LogP contribution in [-0.2, 0) is 11.2 Å². The average molecular weight is 647 g/mol. The molecule has 5 heterocycles. The van der Waals surface area contributed by atoms with Crippen LogP contribution in [0.3, 0.4) is 0 Å². The summed E-state index contributed by atoms with van der Waals surface area (Å²) in [6, 6.07) is 11.4. The molecule has 1 spiro atoms. The summed E-state index contributed by atoms with van der Waals surface area (Å²) in [5.41, 5.74) is -0.163. The smallest absolute Gasteiger partial charge is 0.345 e. The monoisotopic (exact) mass is 646 g/mol. The number of carboxylic acids is 1. The van der Waals surface area contributed by atoms with Crippen LogP contribution in [0.15, 0.2) is 72.3 Å². The van der Waals surface area contributed by atoms with Crippen molar-refractivity contribution in [1.29, 1.82) is 0 Å². The van der Waals surface area contributed by atoms with Gasteiger partial charge >= 0.3 is 5.97 Å². The molecule has 2 fully saturated rings. The molecule has 0 radical (unpaired) electrons. The second-order valence-corrected chi connectivity index (χ2v) is 13.6. The fourth-order valence-corrected chi connectivity index (χ4v) is 8.22. The molecule has 2 saturated heterocycles. The van der Waals surface area contributed by atoms with E-state index in [0.29, 0.717) is 33.1 Å². The molecule has 238 valence electrons. The Morgan fingerprint density at radius 2 is 1.85 bits per heavy atom. The number of alkyl halides is 1. The zero-order valence-electron chi connectivity index (χ0n) is 25.1. The number of anilines is 2. The maximum absolute atomic E-state index is 16.0. The summed E-state index contributed by atoms with van der Waals surface area (Å²) in [7, 11) is 0. The Kier molecular flexibility index (Phi) is 7.51. The van der Waals surface area contributed by atoms with E-state index in [-0.39, 0.29) is 34.9 Å². The summed E-state index contributed by atoms with van der Waals surface area (Å²) in [5.74, 6) is -3.41. The molecule has 4 aliphatic rings. The van der Waals surface area contributed by atoms with Crippen molar-refractivity contribution in [2.75, 3.05) is 43.1 Å². The number of amides is 2. The van der Waals surface area contributed by atoms with Crippen molar-refractivity contribution in [3.63, 3.8) is 0 Å². The quantitative estimate of drug-likeness (QED) is 0.351. The van der Waals surface area contributed by atoms with Crippen molar-refractivity contribution in [3.8, 4) is 0 Å². The van der Waals surface area contributed by atoms with Crippen LogP contribution >= 0.6 is 11.3 Å². The van der Waals surface area contributed by atoms with Crippen LogP contribution in [0.4, 0.5) is 20.3 Å². The minimum absolute atomic E-state index is 0.0408. The van der Waals surface area contributed by atoms with Crippen molar-refractivity contribution < 1.29 is 33.0 Å². The van der Waals surface area contributed by atoms with Crippen LogP contribution in [0.25, 0.3) is 0 Å². The molecule has 2 amide bonds. The molecule has 9 nitrogen and oxygen atoms in total. The van der Waals surface area contributed by atoms with Gasteiger partial charge in [-0.3, -0.25) is 9.59 Å². The van der Waals surface area contributed by atoms with Gasteiger partial charge in [-0.25, -0.2) is 18.6 Å². The highest BCUT2D eigenvalue weighted by atomic mass is 32.1. The Labute approximate surface area is 268 Å². The number of nitrogens with one attached hydrogen (secondary N) is 1.